The highest BCUT2D eigenvalue weighted by Crippen LogP contribution is 2.36. The standard InChI is InChI=1S/C11H16BrNO4/c1-13-5-9(15)11(16)6-3-10(17-2)8(14)4-7(6)12/h3-4,9,11,13-16H,5H2,1-2H3. The van der Waals surface area contributed by atoms with Gasteiger partial charge in [-0.1, -0.05) is 15.9 Å². The van der Waals surface area contributed by atoms with Gasteiger partial charge < -0.3 is 25.4 Å². The number of ether oxygens (including phenoxy) is 1. The van der Waals surface area contributed by atoms with Crippen LogP contribution in [0.1, 0.15) is 11.7 Å². The summed E-state index contributed by atoms with van der Waals surface area (Å²) >= 11 is 3.22. The Bertz CT molecular complexity index is 386. The van der Waals surface area contributed by atoms with Gasteiger partial charge in [-0.2, -0.15) is 0 Å². The molecule has 6 heteroatoms. The maximum Gasteiger partial charge on any atom is 0.160 e. The molecule has 5 nitrogen and oxygen atoms in total. The molecular formula is C11H16BrNO4. The Morgan fingerprint density at radius 3 is 2.59 bits per heavy atom. The molecule has 0 amide bonds. The van der Waals surface area contributed by atoms with E-state index in [0.29, 0.717) is 10.0 Å². The Hall–Kier alpha value is -0.820. The third-order valence-electron chi connectivity index (χ3n) is 2.39. The molecule has 1 aromatic carbocycles. The lowest BCUT2D eigenvalue weighted by Gasteiger charge is -2.20. The summed E-state index contributed by atoms with van der Waals surface area (Å²) in [6.45, 7) is 0.261. The number of benzene rings is 1. The van der Waals surface area contributed by atoms with Crippen molar-refractivity contribution in [1.29, 1.82) is 0 Å². The predicted octanol–water partition coefficient (Wildman–Crippen LogP) is 0.777. The molecule has 0 heterocycles. The van der Waals surface area contributed by atoms with E-state index >= 15 is 0 Å². The van der Waals surface area contributed by atoms with Gasteiger partial charge in [0.25, 0.3) is 0 Å². The normalized spacial score (nSPS) is 14.4. The van der Waals surface area contributed by atoms with Crippen molar-refractivity contribution in [2.24, 2.45) is 0 Å². The monoisotopic (exact) mass is 305 g/mol. The van der Waals surface area contributed by atoms with E-state index in [9.17, 15) is 15.3 Å². The first-order valence-corrected chi connectivity index (χ1v) is 5.87. The van der Waals surface area contributed by atoms with Crippen molar-refractivity contribution in [3.05, 3.63) is 22.2 Å². The smallest absolute Gasteiger partial charge is 0.160 e. The molecule has 4 N–H and O–H groups in total. The van der Waals surface area contributed by atoms with Crippen LogP contribution in [-0.2, 0) is 0 Å². The molecule has 0 bridgehead atoms. The number of aromatic hydroxyl groups is 1. The molecule has 0 aromatic heterocycles. The zero-order valence-corrected chi connectivity index (χ0v) is 11.2. The fraction of sp³-hybridized carbons (Fsp3) is 0.455. The Labute approximate surface area is 108 Å². The molecule has 2 unspecified atom stereocenters. The summed E-state index contributed by atoms with van der Waals surface area (Å²) in [6, 6.07) is 2.91. The van der Waals surface area contributed by atoms with Gasteiger partial charge in [0.1, 0.15) is 6.10 Å². The Kier molecular flexibility index (Phi) is 5.20. The summed E-state index contributed by atoms with van der Waals surface area (Å²) in [7, 11) is 3.10. The quantitative estimate of drug-likeness (QED) is 0.646. The van der Waals surface area contributed by atoms with Crippen LogP contribution in [0.3, 0.4) is 0 Å². The summed E-state index contributed by atoms with van der Waals surface area (Å²) in [5, 5.41) is 31.9. The van der Waals surface area contributed by atoms with E-state index in [2.05, 4.69) is 21.2 Å². The summed E-state index contributed by atoms with van der Waals surface area (Å²) in [6.07, 6.45) is -2.00. The van der Waals surface area contributed by atoms with Gasteiger partial charge in [0.05, 0.1) is 13.2 Å². The van der Waals surface area contributed by atoms with Crippen molar-refractivity contribution in [1.82, 2.24) is 5.32 Å². The van der Waals surface area contributed by atoms with Gasteiger partial charge in [-0.25, -0.2) is 0 Å². The van der Waals surface area contributed by atoms with E-state index in [1.807, 2.05) is 0 Å². The van der Waals surface area contributed by atoms with Crippen LogP contribution in [0.5, 0.6) is 11.5 Å². The molecule has 0 saturated heterocycles. The van der Waals surface area contributed by atoms with Gasteiger partial charge in [0.15, 0.2) is 11.5 Å². The predicted molar refractivity (Wildman–Crippen MR) is 67.3 cm³/mol. The van der Waals surface area contributed by atoms with Gasteiger partial charge in [0, 0.05) is 16.6 Å². The minimum atomic E-state index is -1.06. The van der Waals surface area contributed by atoms with Crippen LogP contribution in [0, 0.1) is 0 Å². The molecule has 0 fully saturated rings. The molecule has 17 heavy (non-hydrogen) atoms. The van der Waals surface area contributed by atoms with Crippen molar-refractivity contribution >= 4 is 15.9 Å². The van der Waals surface area contributed by atoms with E-state index in [4.69, 9.17) is 4.74 Å². The van der Waals surface area contributed by atoms with Crippen LogP contribution in [0.2, 0.25) is 0 Å². The summed E-state index contributed by atoms with van der Waals surface area (Å²) in [5.74, 6) is 0.220. The SMILES string of the molecule is CNCC(O)C(O)c1cc(OC)c(O)cc1Br. The summed E-state index contributed by atoms with van der Waals surface area (Å²) in [5.41, 5.74) is 0.461. The maximum atomic E-state index is 9.95. The highest BCUT2D eigenvalue weighted by atomic mass is 79.9. The molecule has 0 radical (unpaired) electrons. The second-order valence-electron chi connectivity index (χ2n) is 3.62. The summed E-state index contributed by atoms with van der Waals surface area (Å²) < 4.78 is 5.46. The highest BCUT2D eigenvalue weighted by molar-refractivity contribution is 9.10. The number of nitrogens with one attached hydrogen (secondary N) is 1. The van der Waals surface area contributed by atoms with Crippen LogP contribution < -0.4 is 10.1 Å². The van der Waals surface area contributed by atoms with Crippen molar-refractivity contribution < 1.29 is 20.1 Å². The Morgan fingerprint density at radius 2 is 2.06 bits per heavy atom. The lowest BCUT2D eigenvalue weighted by molar-refractivity contribution is 0.0197. The minimum Gasteiger partial charge on any atom is -0.504 e. The van der Waals surface area contributed by atoms with Gasteiger partial charge >= 0.3 is 0 Å². The first-order valence-electron chi connectivity index (χ1n) is 5.08. The van der Waals surface area contributed by atoms with Crippen molar-refractivity contribution in [2.75, 3.05) is 20.7 Å². The molecule has 0 aliphatic carbocycles. The number of hydrogen-bond acceptors (Lipinski definition) is 5. The molecule has 0 aliphatic rings. The Balaban J connectivity index is 3.04. The van der Waals surface area contributed by atoms with Gasteiger partial charge in [0.2, 0.25) is 0 Å². The molecule has 0 aliphatic heterocycles. The van der Waals surface area contributed by atoms with E-state index < -0.39 is 12.2 Å². The minimum absolute atomic E-state index is 0.0292. The molecule has 1 aromatic rings. The molecule has 0 saturated carbocycles. The number of hydrogen-bond donors (Lipinski definition) is 4. The fourth-order valence-electron chi connectivity index (χ4n) is 1.48. The topological polar surface area (TPSA) is 82.0 Å². The van der Waals surface area contributed by atoms with E-state index in [0.717, 1.165) is 0 Å². The maximum absolute atomic E-state index is 9.95. The average Bonchev–Trinajstić information content (AvgIpc) is 2.29. The zero-order chi connectivity index (χ0) is 13.0. The lowest BCUT2D eigenvalue weighted by atomic mass is 10.0. The van der Waals surface area contributed by atoms with Gasteiger partial charge in [-0.15, -0.1) is 0 Å². The fourth-order valence-corrected chi connectivity index (χ4v) is 2.04. The van der Waals surface area contributed by atoms with Gasteiger partial charge in [-0.3, -0.25) is 0 Å². The van der Waals surface area contributed by atoms with Crippen molar-refractivity contribution in [3.63, 3.8) is 0 Å². The number of halogens is 1. The molecule has 96 valence electrons. The van der Waals surface area contributed by atoms with E-state index in [1.165, 1.54) is 19.2 Å². The number of aliphatic hydroxyl groups is 2. The van der Waals surface area contributed by atoms with Crippen LogP contribution >= 0.6 is 15.9 Å². The van der Waals surface area contributed by atoms with Crippen LogP contribution in [0.25, 0.3) is 0 Å². The second kappa shape index (κ2) is 6.20. The largest absolute Gasteiger partial charge is 0.504 e. The number of likely N-dealkylation sites (N-methyl/N-ethyl adjacent to an activating group) is 1. The second-order valence-corrected chi connectivity index (χ2v) is 4.47. The third-order valence-corrected chi connectivity index (χ3v) is 3.08. The van der Waals surface area contributed by atoms with Crippen LogP contribution in [-0.4, -0.2) is 42.1 Å². The molecule has 0 spiro atoms. The first kappa shape index (κ1) is 14.2. The number of aliphatic hydroxyl groups excluding tert-OH is 2. The highest BCUT2D eigenvalue weighted by Gasteiger charge is 2.21. The van der Waals surface area contributed by atoms with E-state index in [1.54, 1.807) is 7.05 Å². The molecule has 2 atom stereocenters. The number of rotatable bonds is 5. The van der Waals surface area contributed by atoms with Gasteiger partial charge in [-0.05, 0) is 19.2 Å². The third kappa shape index (κ3) is 3.32. The van der Waals surface area contributed by atoms with Crippen molar-refractivity contribution in [3.8, 4) is 11.5 Å². The number of methoxy groups -OCH3 is 1. The van der Waals surface area contributed by atoms with Crippen molar-refractivity contribution in [2.45, 2.75) is 12.2 Å². The zero-order valence-electron chi connectivity index (χ0n) is 9.64. The molecular weight excluding hydrogens is 290 g/mol. The molecule has 1 rings (SSSR count). The van der Waals surface area contributed by atoms with Crippen LogP contribution in [0.4, 0.5) is 0 Å². The number of phenols is 1. The average molecular weight is 306 g/mol. The summed E-state index contributed by atoms with van der Waals surface area (Å²) in [4.78, 5) is 0. The lowest BCUT2D eigenvalue weighted by Crippen LogP contribution is -2.29. The number of phenolic OH excluding ortho intramolecular Hbond substituents is 1. The first-order chi connectivity index (χ1) is 8.01. The Morgan fingerprint density at radius 1 is 1.41 bits per heavy atom. The van der Waals surface area contributed by atoms with E-state index in [-0.39, 0.29) is 18.0 Å². The van der Waals surface area contributed by atoms with Crippen LogP contribution in [0.15, 0.2) is 16.6 Å².